The molecule has 0 saturated carbocycles. The molecule has 0 saturated heterocycles. The number of rotatable bonds is 6. The van der Waals surface area contributed by atoms with Gasteiger partial charge in [0.05, 0.1) is 17.7 Å². The van der Waals surface area contributed by atoms with Gasteiger partial charge in [-0.3, -0.25) is 14.9 Å². The molecule has 0 spiro atoms. The first-order valence-electron chi connectivity index (χ1n) is 7.85. The number of hydrogen-bond donors (Lipinski definition) is 2. The first-order valence-corrected chi connectivity index (χ1v) is 7.85. The number of nitro benzene ring substituents is 1. The summed E-state index contributed by atoms with van der Waals surface area (Å²) in [5, 5.41) is 16.1. The highest BCUT2D eigenvalue weighted by Crippen LogP contribution is 2.22. The lowest BCUT2D eigenvalue weighted by molar-refractivity contribution is -0.384. The molecular formula is C18H19N3O5. The maximum atomic E-state index is 12.7. The van der Waals surface area contributed by atoms with Gasteiger partial charge in [0.1, 0.15) is 6.04 Å². The van der Waals surface area contributed by atoms with E-state index in [4.69, 9.17) is 0 Å². The van der Waals surface area contributed by atoms with Crippen molar-refractivity contribution < 1.29 is 19.2 Å². The second kappa shape index (κ2) is 8.61. The zero-order valence-electron chi connectivity index (χ0n) is 14.4. The molecule has 2 rings (SSSR count). The van der Waals surface area contributed by atoms with Crippen LogP contribution in [0.2, 0.25) is 0 Å². The van der Waals surface area contributed by atoms with Crippen LogP contribution in [0.15, 0.2) is 48.5 Å². The van der Waals surface area contributed by atoms with Gasteiger partial charge in [-0.05, 0) is 18.1 Å². The Morgan fingerprint density at radius 3 is 2.50 bits per heavy atom. The van der Waals surface area contributed by atoms with Gasteiger partial charge in [0.2, 0.25) is 5.91 Å². The van der Waals surface area contributed by atoms with Crippen LogP contribution in [0, 0.1) is 17.0 Å². The molecule has 0 aliphatic rings. The van der Waals surface area contributed by atoms with Gasteiger partial charge in [-0.15, -0.1) is 0 Å². The van der Waals surface area contributed by atoms with Gasteiger partial charge in [-0.2, -0.15) is 0 Å². The van der Waals surface area contributed by atoms with E-state index in [-0.39, 0.29) is 12.1 Å². The van der Waals surface area contributed by atoms with Crippen molar-refractivity contribution in [2.45, 2.75) is 19.4 Å². The molecule has 2 amide bonds. The summed E-state index contributed by atoms with van der Waals surface area (Å²) in [5.41, 5.74) is 1.70. The van der Waals surface area contributed by atoms with E-state index in [0.29, 0.717) is 11.3 Å². The van der Waals surface area contributed by atoms with Crippen molar-refractivity contribution in [3.8, 4) is 0 Å². The fraction of sp³-hybridized carbons (Fsp3) is 0.222. The highest BCUT2D eigenvalue weighted by Gasteiger charge is 2.23. The Bertz CT molecular complexity index is 808. The maximum Gasteiger partial charge on any atom is 0.407 e. The van der Waals surface area contributed by atoms with E-state index in [1.165, 1.54) is 19.2 Å². The Morgan fingerprint density at radius 1 is 1.19 bits per heavy atom. The lowest BCUT2D eigenvalue weighted by Crippen LogP contribution is -2.45. The van der Waals surface area contributed by atoms with E-state index in [9.17, 15) is 19.7 Å². The van der Waals surface area contributed by atoms with Crippen LogP contribution < -0.4 is 10.6 Å². The largest absolute Gasteiger partial charge is 0.453 e. The number of nitrogens with zero attached hydrogens (tertiary/aromatic N) is 1. The second-order valence-electron chi connectivity index (χ2n) is 5.62. The number of carbonyl (C=O) groups excluding carboxylic acids is 2. The zero-order valence-corrected chi connectivity index (χ0v) is 14.4. The monoisotopic (exact) mass is 357 g/mol. The molecule has 0 fully saturated rings. The highest BCUT2D eigenvalue weighted by molar-refractivity contribution is 5.97. The standard InChI is InChI=1S/C18H19N3O5/c1-12-8-9-14(21(24)25)11-15(12)19-17(22)16(20-18(23)26-2)10-13-6-4-3-5-7-13/h3-9,11,16H,10H2,1-2H3,(H,19,22)(H,20,23). The van der Waals surface area contributed by atoms with Crippen LogP contribution in [0.1, 0.15) is 11.1 Å². The van der Waals surface area contributed by atoms with Gasteiger partial charge in [0.25, 0.3) is 5.69 Å². The Kier molecular flexibility index (Phi) is 6.26. The van der Waals surface area contributed by atoms with Gasteiger partial charge in [0, 0.05) is 18.6 Å². The summed E-state index contributed by atoms with van der Waals surface area (Å²) in [5.74, 6) is -0.497. The van der Waals surface area contributed by atoms with Crippen LogP contribution in [0.25, 0.3) is 0 Å². The van der Waals surface area contributed by atoms with Gasteiger partial charge in [0.15, 0.2) is 0 Å². The normalized spacial score (nSPS) is 11.3. The Labute approximate surface area is 150 Å². The first-order chi connectivity index (χ1) is 12.4. The van der Waals surface area contributed by atoms with Crippen LogP contribution in [-0.4, -0.2) is 30.1 Å². The Morgan fingerprint density at radius 2 is 1.88 bits per heavy atom. The average molecular weight is 357 g/mol. The van der Waals surface area contributed by atoms with Gasteiger partial charge in [-0.1, -0.05) is 36.4 Å². The van der Waals surface area contributed by atoms with Gasteiger partial charge < -0.3 is 15.4 Å². The van der Waals surface area contributed by atoms with E-state index in [0.717, 1.165) is 5.56 Å². The number of amides is 2. The molecule has 0 aliphatic heterocycles. The van der Waals surface area contributed by atoms with Crippen LogP contribution in [0.5, 0.6) is 0 Å². The number of carbonyl (C=O) groups is 2. The minimum absolute atomic E-state index is 0.133. The first kappa shape index (κ1) is 18.9. The minimum Gasteiger partial charge on any atom is -0.453 e. The van der Waals surface area contributed by atoms with Crippen LogP contribution in [-0.2, 0) is 16.0 Å². The quantitative estimate of drug-likeness (QED) is 0.610. The van der Waals surface area contributed by atoms with Crippen LogP contribution >= 0.6 is 0 Å². The molecule has 136 valence electrons. The van der Waals surface area contributed by atoms with Crippen molar-refractivity contribution in [3.05, 3.63) is 69.8 Å². The van der Waals surface area contributed by atoms with E-state index in [1.807, 2.05) is 30.3 Å². The Hall–Kier alpha value is -3.42. The number of hydrogen-bond acceptors (Lipinski definition) is 5. The summed E-state index contributed by atoms with van der Waals surface area (Å²) in [4.78, 5) is 34.6. The number of alkyl carbamates (subject to hydrolysis) is 1. The third-order valence-corrected chi connectivity index (χ3v) is 3.77. The molecule has 1 atom stereocenters. The number of nitro groups is 1. The van der Waals surface area contributed by atoms with Crippen LogP contribution in [0.4, 0.5) is 16.2 Å². The lowest BCUT2D eigenvalue weighted by Gasteiger charge is -2.18. The smallest absolute Gasteiger partial charge is 0.407 e. The van der Waals surface area contributed by atoms with E-state index < -0.39 is 23.0 Å². The lowest BCUT2D eigenvalue weighted by atomic mass is 10.0. The molecule has 0 bridgehead atoms. The van der Waals surface area contributed by atoms with Gasteiger partial charge in [-0.25, -0.2) is 4.79 Å². The molecule has 2 N–H and O–H groups in total. The van der Waals surface area contributed by atoms with Crippen molar-refractivity contribution in [3.63, 3.8) is 0 Å². The maximum absolute atomic E-state index is 12.7. The van der Waals surface area contributed by atoms with Gasteiger partial charge >= 0.3 is 6.09 Å². The molecule has 0 heterocycles. The average Bonchev–Trinajstić information content (AvgIpc) is 2.63. The molecule has 0 aliphatic carbocycles. The van der Waals surface area contributed by atoms with Crippen molar-refractivity contribution in [1.82, 2.24) is 5.32 Å². The third kappa shape index (κ3) is 5.04. The predicted octanol–water partition coefficient (Wildman–Crippen LogP) is 2.81. The number of methoxy groups -OCH3 is 1. The van der Waals surface area contributed by atoms with Crippen molar-refractivity contribution >= 4 is 23.4 Å². The minimum atomic E-state index is -0.900. The number of non-ortho nitro benzene ring substituents is 1. The fourth-order valence-electron chi connectivity index (χ4n) is 2.34. The summed E-state index contributed by atoms with van der Waals surface area (Å²) < 4.78 is 4.57. The van der Waals surface area contributed by atoms with Crippen molar-refractivity contribution in [2.24, 2.45) is 0 Å². The summed E-state index contributed by atoms with van der Waals surface area (Å²) in [6, 6.07) is 12.5. The molecule has 2 aromatic rings. The molecule has 0 radical (unpaired) electrons. The topological polar surface area (TPSA) is 111 Å². The van der Waals surface area contributed by atoms with Crippen molar-refractivity contribution in [2.75, 3.05) is 12.4 Å². The molecule has 2 aromatic carbocycles. The molecule has 0 aromatic heterocycles. The third-order valence-electron chi connectivity index (χ3n) is 3.77. The second-order valence-corrected chi connectivity index (χ2v) is 5.62. The summed E-state index contributed by atoms with van der Waals surface area (Å²) >= 11 is 0. The van der Waals surface area contributed by atoms with E-state index in [2.05, 4.69) is 15.4 Å². The number of ether oxygens (including phenoxy) is 1. The van der Waals surface area contributed by atoms with Crippen molar-refractivity contribution in [1.29, 1.82) is 0 Å². The highest BCUT2D eigenvalue weighted by atomic mass is 16.6. The fourth-order valence-corrected chi connectivity index (χ4v) is 2.34. The molecule has 1 unspecified atom stereocenters. The number of anilines is 1. The molecular weight excluding hydrogens is 338 g/mol. The SMILES string of the molecule is COC(=O)NC(Cc1ccccc1)C(=O)Nc1cc([N+](=O)[O-])ccc1C. The zero-order chi connectivity index (χ0) is 19.1. The van der Waals surface area contributed by atoms with E-state index >= 15 is 0 Å². The summed E-state index contributed by atoms with van der Waals surface area (Å²) in [7, 11) is 1.21. The summed E-state index contributed by atoms with van der Waals surface area (Å²) in [6.45, 7) is 1.72. The number of aryl methyl sites for hydroxylation is 1. The predicted molar refractivity (Wildman–Crippen MR) is 95.9 cm³/mol. The Balaban J connectivity index is 2.21. The van der Waals surface area contributed by atoms with E-state index in [1.54, 1.807) is 13.0 Å². The molecule has 8 heteroatoms. The number of benzene rings is 2. The number of nitrogens with one attached hydrogen (secondary N) is 2. The molecule has 8 nitrogen and oxygen atoms in total. The molecule has 26 heavy (non-hydrogen) atoms. The summed E-state index contributed by atoms with van der Waals surface area (Å²) in [6.07, 6.45) is -0.493. The van der Waals surface area contributed by atoms with Crippen LogP contribution in [0.3, 0.4) is 0 Å².